The highest BCUT2D eigenvalue weighted by atomic mass is 35.5. The highest BCUT2D eigenvalue weighted by Crippen LogP contribution is 2.14. The Morgan fingerprint density at radius 3 is 2.91 bits per heavy atom. The van der Waals surface area contributed by atoms with Crippen LogP contribution in [0.15, 0.2) is 29.8 Å². The molecule has 1 heterocycles. The van der Waals surface area contributed by atoms with Crippen molar-refractivity contribution in [2.45, 2.75) is 5.03 Å². The van der Waals surface area contributed by atoms with Crippen LogP contribution in [-0.4, -0.2) is 16.0 Å². The second kappa shape index (κ2) is 4.36. The van der Waals surface area contributed by atoms with Crippen molar-refractivity contribution >= 4 is 23.4 Å². The third-order valence-corrected chi connectivity index (χ3v) is 2.07. The molecule has 0 atom stereocenters. The van der Waals surface area contributed by atoms with Crippen LogP contribution in [0.25, 0.3) is 0 Å². The molecule has 4 heteroatoms. The number of aromatic nitrogens is 2. The Balaban J connectivity index is 2.58. The molecule has 0 unspecified atom stereocenters. The maximum Gasteiger partial charge on any atom is 0.151 e. The molecular weight excluding hydrogens is 180 g/mol. The second-order valence-electron chi connectivity index (χ2n) is 1.79. The van der Waals surface area contributed by atoms with Crippen LogP contribution < -0.4 is 0 Å². The number of nitrogens with zero attached hydrogens (tertiary/aromatic N) is 2. The van der Waals surface area contributed by atoms with E-state index in [4.69, 9.17) is 11.6 Å². The fourth-order valence-electron chi connectivity index (χ4n) is 0.525. The first-order chi connectivity index (χ1) is 5.33. The zero-order chi connectivity index (χ0) is 8.10. The summed E-state index contributed by atoms with van der Waals surface area (Å²) in [7, 11) is 0. The van der Waals surface area contributed by atoms with Crippen LogP contribution in [0.3, 0.4) is 0 Å². The molecule has 0 aliphatic carbocycles. The van der Waals surface area contributed by atoms with Crippen molar-refractivity contribution in [1.82, 2.24) is 10.2 Å². The highest BCUT2D eigenvalue weighted by molar-refractivity contribution is 7.99. The van der Waals surface area contributed by atoms with Gasteiger partial charge < -0.3 is 0 Å². The van der Waals surface area contributed by atoms with Crippen molar-refractivity contribution in [1.29, 1.82) is 0 Å². The lowest BCUT2D eigenvalue weighted by molar-refractivity contribution is 0.931. The van der Waals surface area contributed by atoms with Gasteiger partial charge in [-0.3, -0.25) is 0 Å². The topological polar surface area (TPSA) is 25.8 Å². The number of hydrogen-bond acceptors (Lipinski definition) is 3. The molecule has 0 aliphatic rings. The van der Waals surface area contributed by atoms with E-state index in [1.165, 1.54) is 0 Å². The molecule has 0 N–H and O–H groups in total. The largest absolute Gasteiger partial charge is 0.151 e. The minimum atomic E-state index is 0.424. The molecule has 2 nitrogen and oxygen atoms in total. The number of thioether (sulfide) groups is 1. The zero-order valence-corrected chi connectivity index (χ0v) is 7.40. The molecule has 0 amide bonds. The van der Waals surface area contributed by atoms with Gasteiger partial charge in [0, 0.05) is 5.75 Å². The third kappa shape index (κ3) is 2.91. The van der Waals surface area contributed by atoms with Gasteiger partial charge in [0.05, 0.1) is 0 Å². The van der Waals surface area contributed by atoms with Crippen LogP contribution in [0.4, 0.5) is 0 Å². The summed E-state index contributed by atoms with van der Waals surface area (Å²) in [6.07, 6.45) is 1.82. The van der Waals surface area contributed by atoms with Gasteiger partial charge in [-0.25, -0.2) is 0 Å². The van der Waals surface area contributed by atoms with Gasteiger partial charge in [0.1, 0.15) is 5.03 Å². The summed E-state index contributed by atoms with van der Waals surface area (Å²) in [6, 6.07) is 3.56. The summed E-state index contributed by atoms with van der Waals surface area (Å²) < 4.78 is 0. The average molecular weight is 187 g/mol. The molecule has 0 saturated carbocycles. The van der Waals surface area contributed by atoms with E-state index in [2.05, 4.69) is 16.8 Å². The van der Waals surface area contributed by atoms with Crippen LogP contribution in [-0.2, 0) is 0 Å². The molecule has 0 aliphatic heterocycles. The normalized spacial score (nSPS) is 9.55. The van der Waals surface area contributed by atoms with Crippen molar-refractivity contribution in [3.63, 3.8) is 0 Å². The van der Waals surface area contributed by atoms with Gasteiger partial charge in [-0.1, -0.05) is 17.7 Å². The van der Waals surface area contributed by atoms with E-state index in [-0.39, 0.29) is 0 Å². The number of hydrogen-bond donors (Lipinski definition) is 0. The van der Waals surface area contributed by atoms with Crippen LogP contribution in [0.5, 0.6) is 0 Å². The molecule has 0 saturated heterocycles. The lowest BCUT2D eigenvalue weighted by Crippen LogP contribution is -1.84. The second-order valence-corrected chi connectivity index (χ2v) is 3.22. The molecule has 1 rings (SSSR count). The average Bonchev–Trinajstić information content (AvgIpc) is 2.04. The fourth-order valence-corrected chi connectivity index (χ4v) is 1.18. The van der Waals surface area contributed by atoms with Crippen molar-refractivity contribution < 1.29 is 0 Å². The maximum atomic E-state index is 5.54. The number of rotatable bonds is 3. The summed E-state index contributed by atoms with van der Waals surface area (Å²) >= 11 is 7.12. The molecular formula is C7H7ClN2S. The molecule has 0 radical (unpaired) electrons. The van der Waals surface area contributed by atoms with Crippen LogP contribution >= 0.6 is 23.4 Å². The van der Waals surface area contributed by atoms with Crippen molar-refractivity contribution in [3.05, 3.63) is 29.9 Å². The van der Waals surface area contributed by atoms with E-state index < -0.39 is 0 Å². The van der Waals surface area contributed by atoms with E-state index in [1.54, 1.807) is 17.8 Å². The molecule has 0 fully saturated rings. The van der Waals surface area contributed by atoms with Crippen molar-refractivity contribution in [2.24, 2.45) is 0 Å². The van der Waals surface area contributed by atoms with Crippen LogP contribution in [0.1, 0.15) is 0 Å². The molecule has 0 bridgehead atoms. The molecule has 11 heavy (non-hydrogen) atoms. The van der Waals surface area contributed by atoms with Gasteiger partial charge in [-0.05, 0) is 12.1 Å². The summed E-state index contributed by atoms with van der Waals surface area (Å²) in [6.45, 7) is 3.60. The van der Waals surface area contributed by atoms with Gasteiger partial charge >= 0.3 is 0 Å². The summed E-state index contributed by atoms with van der Waals surface area (Å²) in [5.74, 6) is 0.844. The lowest BCUT2D eigenvalue weighted by Gasteiger charge is -1.94. The molecule has 58 valence electrons. The Hall–Kier alpha value is -0.540. The standard InChI is InChI=1S/C7H7ClN2S/c1-2-5-11-7-4-3-6(8)9-10-7/h2-4H,1,5H2. The van der Waals surface area contributed by atoms with Gasteiger partial charge in [0.15, 0.2) is 5.15 Å². The van der Waals surface area contributed by atoms with E-state index >= 15 is 0 Å². The molecule has 1 aromatic heterocycles. The van der Waals surface area contributed by atoms with Crippen molar-refractivity contribution in [3.8, 4) is 0 Å². The maximum absolute atomic E-state index is 5.54. The predicted molar refractivity (Wildman–Crippen MR) is 48.0 cm³/mol. The fraction of sp³-hybridized carbons (Fsp3) is 0.143. The Labute approximate surface area is 74.7 Å². The van der Waals surface area contributed by atoms with Gasteiger partial charge in [-0.15, -0.1) is 28.5 Å². The van der Waals surface area contributed by atoms with Crippen molar-refractivity contribution in [2.75, 3.05) is 5.75 Å². The van der Waals surface area contributed by atoms with E-state index in [9.17, 15) is 0 Å². The lowest BCUT2D eigenvalue weighted by atomic mass is 10.6. The van der Waals surface area contributed by atoms with Gasteiger partial charge in [0.25, 0.3) is 0 Å². The van der Waals surface area contributed by atoms with Gasteiger partial charge in [-0.2, -0.15) is 0 Å². The first-order valence-electron chi connectivity index (χ1n) is 3.06. The SMILES string of the molecule is C=CCSc1ccc(Cl)nn1. The highest BCUT2D eigenvalue weighted by Gasteiger charge is 1.93. The zero-order valence-electron chi connectivity index (χ0n) is 5.83. The molecule has 0 aromatic carbocycles. The minimum Gasteiger partial charge on any atom is -0.143 e. The Bertz CT molecular complexity index is 235. The Morgan fingerprint density at radius 1 is 1.55 bits per heavy atom. The van der Waals surface area contributed by atoms with Gasteiger partial charge in [0.2, 0.25) is 0 Å². The predicted octanol–water partition coefficient (Wildman–Crippen LogP) is 2.41. The first kappa shape index (κ1) is 8.56. The van der Waals surface area contributed by atoms with E-state index in [0.717, 1.165) is 10.8 Å². The number of halogens is 1. The van der Waals surface area contributed by atoms with E-state index in [0.29, 0.717) is 5.15 Å². The first-order valence-corrected chi connectivity index (χ1v) is 4.42. The molecule has 0 spiro atoms. The molecule has 1 aromatic rings. The summed E-state index contributed by atoms with van der Waals surface area (Å²) in [5, 5.41) is 8.84. The van der Waals surface area contributed by atoms with Crippen LogP contribution in [0.2, 0.25) is 5.15 Å². The quantitative estimate of drug-likeness (QED) is 0.536. The third-order valence-electron chi connectivity index (χ3n) is 0.957. The summed E-state index contributed by atoms with van der Waals surface area (Å²) in [4.78, 5) is 0. The minimum absolute atomic E-state index is 0.424. The van der Waals surface area contributed by atoms with E-state index in [1.807, 2.05) is 12.1 Å². The Morgan fingerprint density at radius 2 is 2.36 bits per heavy atom. The van der Waals surface area contributed by atoms with Crippen LogP contribution in [0, 0.1) is 0 Å². The smallest absolute Gasteiger partial charge is 0.143 e. The monoisotopic (exact) mass is 186 g/mol. The summed E-state index contributed by atoms with van der Waals surface area (Å²) in [5.41, 5.74) is 0. The Kier molecular flexibility index (Phi) is 3.39.